The highest BCUT2D eigenvalue weighted by atomic mass is 16.2. The van der Waals surface area contributed by atoms with E-state index in [1.807, 2.05) is 67.6 Å². The quantitative estimate of drug-likeness (QED) is 0.724. The lowest BCUT2D eigenvalue weighted by Gasteiger charge is -2.34. The molecule has 0 unspecified atom stereocenters. The van der Waals surface area contributed by atoms with Crippen LogP contribution in [0.5, 0.6) is 0 Å². The van der Waals surface area contributed by atoms with E-state index in [1.54, 1.807) is 14.5 Å². The third-order valence-electron chi connectivity index (χ3n) is 5.01. The van der Waals surface area contributed by atoms with Crippen molar-refractivity contribution in [2.24, 2.45) is 0 Å². The van der Waals surface area contributed by atoms with Gasteiger partial charge in [0.15, 0.2) is 5.82 Å². The minimum Gasteiger partial charge on any atom is -0.338 e. The highest BCUT2D eigenvalue weighted by Crippen LogP contribution is 2.21. The Kier molecular flexibility index (Phi) is 5.74. The number of aromatic nitrogens is 3. The zero-order chi connectivity index (χ0) is 20.9. The van der Waals surface area contributed by atoms with Crippen LogP contribution >= 0.6 is 0 Å². The van der Waals surface area contributed by atoms with Crippen molar-refractivity contribution in [2.75, 3.05) is 32.7 Å². The summed E-state index contributed by atoms with van der Waals surface area (Å²) in [5, 5.41) is 7.33. The van der Waals surface area contributed by atoms with Crippen molar-refractivity contribution in [3.05, 3.63) is 66.5 Å². The average Bonchev–Trinajstić information content (AvgIpc) is 3.25. The number of benzene rings is 2. The van der Waals surface area contributed by atoms with Crippen LogP contribution in [0.1, 0.15) is 17.5 Å². The number of hydrogen-bond donors (Lipinski definition) is 1. The van der Waals surface area contributed by atoms with Crippen molar-refractivity contribution in [1.29, 1.82) is 0 Å². The second-order valence-corrected chi connectivity index (χ2v) is 6.99. The number of nitrogens with one attached hydrogen (secondary N) is 1. The highest BCUT2D eigenvalue weighted by Gasteiger charge is 2.28. The summed E-state index contributed by atoms with van der Waals surface area (Å²) in [6, 6.07) is 19.2. The molecule has 0 atom stereocenters. The van der Waals surface area contributed by atoms with Gasteiger partial charge in [-0.25, -0.2) is 14.5 Å². The molecule has 4 rings (SSSR count). The Bertz CT molecular complexity index is 954. The van der Waals surface area contributed by atoms with E-state index in [2.05, 4.69) is 15.4 Å². The molecule has 1 aliphatic rings. The number of para-hydroxylation sites is 1. The lowest BCUT2D eigenvalue weighted by atomic mass is 10.2. The number of piperazine rings is 1. The first kappa shape index (κ1) is 19.6. The van der Waals surface area contributed by atoms with Crippen LogP contribution in [0.3, 0.4) is 0 Å². The van der Waals surface area contributed by atoms with Crippen LogP contribution in [0.2, 0.25) is 0 Å². The van der Waals surface area contributed by atoms with Gasteiger partial charge in [-0.2, -0.15) is 0 Å². The van der Waals surface area contributed by atoms with Gasteiger partial charge in [-0.15, -0.1) is 5.10 Å². The normalized spacial score (nSPS) is 13.9. The first-order valence-electron chi connectivity index (χ1n) is 10.1. The van der Waals surface area contributed by atoms with E-state index < -0.39 is 0 Å². The van der Waals surface area contributed by atoms with Gasteiger partial charge in [-0.1, -0.05) is 48.5 Å². The summed E-state index contributed by atoms with van der Waals surface area (Å²) in [5.41, 5.74) is 1.72. The molecule has 30 heavy (non-hydrogen) atoms. The summed E-state index contributed by atoms with van der Waals surface area (Å²) in [5.74, 6) is 0.549. The van der Waals surface area contributed by atoms with E-state index >= 15 is 0 Å². The molecule has 2 heterocycles. The van der Waals surface area contributed by atoms with Crippen molar-refractivity contribution in [3.63, 3.8) is 0 Å². The van der Waals surface area contributed by atoms with Crippen LogP contribution in [0.4, 0.5) is 4.79 Å². The minimum absolute atomic E-state index is 0.0950. The average molecular weight is 404 g/mol. The third-order valence-corrected chi connectivity index (χ3v) is 5.01. The lowest BCUT2D eigenvalue weighted by Crippen LogP contribution is -2.53. The zero-order valence-corrected chi connectivity index (χ0v) is 16.9. The fraction of sp³-hybridized carbons (Fsp3) is 0.273. The minimum atomic E-state index is -0.225. The Hall–Kier alpha value is -3.68. The van der Waals surface area contributed by atoms with Gasteiger partial charge in [0, 0.05) is 38.3 Å². The van der Waals surface area contributed by atoms with Crippen molar-refractivity contribution in [3.8, 4) is 17.1 Å². The van der Waals surface area contributed by atoms with E-state index in [1.165, 1.54) is 0 Å². The van der Waals surface area contributed by atoms with Gasteiger partial charge in [0.25, 0.3) is 5.91 Å². The molecular weight excluding hydrogens is 380 g/mol. The molecule has 1 aromatic heterocycles. The lowest BCUT2D eigenvalue weighted by molar-refractivity contribution is 0.0653. The van der Waals surface area contributed by atoms with E-state index in [4.69, 9.17) is 0 Å². The number of amides is 3. The van der Waals surface area contributed by atoms with Gasteiger partial charge in [-0.3, -0.25) is 4.79 Å². The SMILES string of the molecule is CCNC(=O)N1CCN(C(=O)c2nc(-c3ccccc3)n(-c3ccccc3)n2)CC1. The molecule has 1 aliphatic heterocycles. The summed E-state index contributed by atoms with van der Waals surface area (Å²) >= 11 is 0. The molecule has 8 heteroatoms. The first-order valence-corrected chi connectivity index (χ1v) is 10.1. The van der Waals surface area contributed by atoms with E-state index in [-0.39, 0.29) is 17.8 Å². The van der Waals surface area contributed by atoms with Gasteiger partial charge < -0.3 is 15.1 Å². The molecule has 0 aliphatic carbocycles. The molecule has 0 radical (unpaired) electrons. The molecule has 1 fully saturated rings. The maximum Gasteiger partial charge on any atom is 0.317 e. The fourth-order valence-corrected chi connectivity index (χ4v) is 3.44. The second-order valence-electron chi connectivity index (χ2n) is 6.99. The Morgan fingerprint density at radius 1 is 0.900 bits per heavy atom. The molecule has 3 aromatic rings. The number of carbonyl (C=O) groups excluding carboxylic acids is 2. The number of urea groups is 1. The Morgan fingerprint density at radius 2 is 1.50 bits per heavy atom. The molecule has 0 bridgehead atoms. The van der Waals surface area contributed by atoms with Crippen LogP contribution in [0.25, 0.3) is 17.1 Å². The van der Waals surface area contributed by atoms with Crippen LogP contribution in [0.15, 0.2) is 60.7 Å². The molecule has 154 valence electrons. The van der Waals surface area contributed by atoms with Gasteiger partial charge in [0.2, 0.25) is 5.82 Å². The number of nitrogens with zero attached hydrogens (tertiary/aromatic N) is 5. The smallest absolute Gasteiger partial charge is 0.317 e. The van der Waals surface area contributed by atoms with Crippen molar-refractivity contribution < 1.29 is 9.59 Å². The van der Waals surface area contributed by atoms with E-state index in [0.717, 1.165) is 11.3 Å². The van der Waals surface area contributed by atoms with Crippen molar-refractivity contribution in [2.45, 2.75) is 6.92 Å². The molecule has 1 saturated heterocycles. The molecule has 3 amide bonds. The van der Waals surface area contributed by atoms with E-state index in [9.17, 15) is 9.59 Å². The number of rotatable bonds is 4. The molecular formula is C22H24N6O2. The Morgan fingerprint density at radius 3 is 2.13 bits per heavy atom. The van der Waals surface area contributed by atoms with Crippen LogP contribution in [-0.2, 0) is 0 Å². The predicted octanol–water partition coefficient (Wildman–Crippen LogP) is 2.42. The van der Waals surface area contributed by atoms with Crippen LogP contribution in [0, 0.1) is 0 Å². The second kappa shape index (κ2) is 8.77. The predicted molar refractivity (Wildman–Crippen MR) is 113 cm³/mol. The Balaban J connectivity index is 1.58. The fourth-order valence-electron chi connectivity index (χ4n) is 3.44. The molecule has 0 saturated carbocycles. The number of hydrogen-bond acceptors (Lipinski definition) is 4. The summed E-state index contributed by atoms with van der Waals surface area (Å²) in [6.07, 6.45) is 0. The summed E-state index contributed by atoms with van der Waals surface area (Å²) in [6.45, 7) is 4.36. The maximum absolute atomic E-state index is 13.1. The number of carbonyl (C=O) groups is 2. The molecule has 8 nitrogen and oxygen atoms in total. The van der Waals surface area contributed by atoms with Crippen molar-refractivity contribution in [1.82, 2.24) is 29.9 Å². The van der Waals surface area contributed by atoms with Gasteiger partial charge in [-0.05, 0) is 19.1 Å². The third kappa shape index (κ3) is 4.03. The monoisotopic (exact) mass is 404 g/mol. The van der Waals surface area contributed by atoms with Gasteiger partial charge in [0.05, 0.1) is 5.69 Å². The van der Waals surface area contributed by atoms with Gasteiger partial charge in [0.1, 0.15) is 0 Å². The zero-order valence-electron chi connectivity index (χ0n) is 16.9. The standard InChI is InChI=1S/C22H24N6O2/c1-2-23-22(30)27-15-13-26(14-16-27)21(29)19-24-20(17-9-5-3-6-10-17)28(25-19)18-11-7-4-8-12-18/h3-12H,2,13-16H2,1H3,(H,23,30). The topological polar surface area (TPSA) is 83.4 Å². The summed E-state index contributed by atoms with van der Waals surface area (Å²) in [7, 11) is 0. The highest BCUT2D eigenvalue weighted by molar-refractivity contribution is 5.91. The Labute approximate surface area is 175 Å². The molecule has 2 aromatic carbocycles. The summed E-state index contributed by atoms with van der Waals surface area (Å²) < 4.78 is 1.70. The van der Waals surface area contributed by atoms with Crippen LogP contribution < -0.4 is 5.32 Å². The largest absolute Gasteiger partial charge is 0.338 e. The van der Waals surface area contributed by atoms with E-state index in [0.29, 0.717) is 38.5 Å². The first-order chi connectivity index (χ1) is 14.7. The summed E-state index contributed by atoms with van der Waals surface area (Å²) in [4.78, 5) is 33.1. The molecule has 0 spiro atoms. The maximum atomic E-state index is 13.1. The molecule has 1 N–H and O–H groups in total. The van der Waals surface area contributed by atoms with Crippen molar-refractivity contribution >= 4 is 11.9 Å². The van der Waals surface area contributed by atoms with Gasteiger partial charge >= 0.3 is 6.03 Å². The van der Waals surface area contributed by atoms with Crippen LogP contribution in [-0.4, -0.2) is 69.2 Å².